The lowest BCUT2D eigenvalue weighted by atomic mass is 9.78. The maximum absolute atomic E-state index is 12.8. The van der Waals surface area contributed by atoms with Gasteiger partial charge in [-0.05, 0) is 25.0 Å². The summed E-state index contributed by atoms with van der Waals surface area (Å²) in [6.07, 6.45) is 0.0571. The third-order valence-electron chi connectivity index (χ3n) is 5.41. The number of carbonyl (C=O) groups excluding carboxylic acids is 2. The van der Waals surface area contributed by atoms with E-state index in [1.165, 1.54) is 11.3 Å². The van der Waals surface area contributed by atoms with Crippen LogP contribution < -0.4 is 5.32 Å². The third-order valence-corrected chi connectivity index (χ3v) is 6.17. The van der Waals surface area contributed by atoms with E-state index in [0.717, 1.165) is 5.69 Å². The number of ether oxygens (including phenoxy) is 3. The summed E-state index contributed by atoms with van der Waals surface area (Å²) in [5.41, 5.74) is -0.704. The maximum Gasteiger partial charge on any atom is 0.324 e. The number of anilines is 2. The highest BCUT2D eigenvalue weighted by Gasteiger charge is 2.65. The van der Waals surface area contributed by atoms with Crippen LogP contribution in [0.25, 0.3) is 0 Å². The molecule has 30 heavy (non-hydrogen) atoms. The molecule has 0 radical (unpaired) electrons. The van der Waals surface area contributed by atoms with Crippen LogP contribution in [0.3, 0.4) is 0 Å². The molecule has 2 aliphatic rings. The van der Waals surface area contributed by atoms with E-state index in [0.29, 0.717) is 23.4 Å². The Balaban J connectivity index is 1.46. The average molecular weight is 431 g/mol. The highest BCUT2D eigenvalue weighted by atomic mass is 32.1. The van der Waals surface area contributed by atoms with E-state index in [4.69, 9.17) is 14.2 Å². The summed E-state index contributed by atoms with van der Waals surface area (Å²) in [5, 5.41) is 5.80. The summed E-state index contributed by atoms with van der Waals surface area (Å²) < 4.78 is 16.8. The number of para-hydroxylation sites is 1. The average Bonchev–Trinajstić information content (AvgIpc) is 3.35. The molecule has 0 bridgehead atoms. The number of carbonyl (C=O) groups is 2. The van der Waals surface area contributed by atoms with Gasteiger partial charge in [-0.1, -0.05) is 32.0 Å². The predicted molar refractivity (Wildman–Crippen MR) is 112 cm³/mol. The number of benzene rings is 1. The quantitative estimate of drug-likeness (QED) is 0.524. The number of cyclic esters (lactones) is 2. The molecule has 3 atom stereocenters. The first-order valence-electron chi connectivity index (χ1n) is 10.1. The van der Waals surface area contributed by atoms with Crippen molar-refractivity contribution in [3.63, 3.8) is 0 Å². The van der Waals surface area contributed by atoms with Crippen molar-refractivity contribution in [2.24, 2.45) is 11.3 Å². The monoisotopic (exact) mass is 430 g/mol. The molecule has 7 nitrogen and oxygen atoms in total. The highest BCUT2D eigenvalue weighted by molar-refractivity contribution is 7.13. The van der Waals surface area contributed by atoms with Gasteiger partial charge in [0, 0.05) is 30.5 Å². The molecule has 0 saturated carbocycles. The molecule has 0 aliphatic carbocycles. The van der Waals surface area contributed by atoms with Gasteiger partial charge in [0.05, 0.1) is 12.3 Å². The lowest BCUT2D eigenvalue weighted by Crippen LogP contribution is -2.32. The fourth-order valence-electron chi connectivity index (χ4n) is 3.97. The second-order valence-corrected chi connectivity index (χ2v) is 9.43. The molecule has 0 unspecified atom stereocenters. The molecule has 0 amide bonds. The molecule has 3 heterocycles. The zero-order chi connectivity index (χ0) is 21.4. The molecule has 160 valence electrons. The molecule has 8 heteroatoms. The van der Waals surface area contributed by atoms with E-state index in [9.17, 15) is 9.59 Å². The Hall–Kier alpha value is -2.45. The molecule has 2 saturated heterocycles. The molecular formula is C22H26N2O5S. The lowest BCUT2D eigenvalue weighted by Gasteiger charge is -2.20. The standard InChI is InChI=1S/C22H26N2O5S/c1-14(2)10-27-11-16-9-22(18(25)28-16)13-21(3,29-19(22)26)17-12-30-20(24-17)23-15-7-5-4-6-8-15/h4-8,12,14,16H,9-11,13H2,1-3H3,(H,23,24)/t16-,21-,22+/m1/s1. The maximum atomic E-state index is 12.8. The molecule has 1 spiro atoms. The summed E-state index contributed by atoms with van der Waals surface area (Å²) in [6, 6.07) is 9.72. The van der Waals surface area contributed by atoms with Crippen LogP contribution >= 0.6 is 11.3 Å². The second kappa shape index (κ2) is 8.00. The van der Waals surface area contributed by atoms with E-state index in [-0.39, 0.29) is 19.4 Å². The van der Waals surface area contributed by atoms with Crippen molar-refractivity contribution >= 4 is 34.1 Å². The molecule has 2 fully saturated rings. The van der Waals surface area contributed by atoms with Crippen LogP contribution in [0.4, 0.5) is 10.8 Å². The van der Waals surface area contributed by atoms with Gasteiger partial charge >= 0.3 is 11.9 Å². The molecule has 1 aromatic heterocycles. The lowest BCUT2D eigenvalue weighted by molar-refractivity contribution is -0.160. The third kappa shape index (κ3) is 3.94. The van der Waals surface area contributed by atoms with Crippen molar-refractivity contribution in [2.45, 2.75) is 45.3 Å². The number of nitrogens with one attached hydrogen (secondary N) is 1. The summed E-state index contributed by atoms with van der Waals surface area (Å²) in [5.74, 6) is -0.668. The number of aromatic nitrogens is 1. The topological polar surface area (TPSA) is 86.8 Å². The van der Waals surface area contributed by atoms with Crippen molar-refractivity contribution < 1.29 is 23.8 Å². The zero-order valence-corrected chi connectivity index (χ0v) is 18.2. The summed E-state index contributed by atoms with van der Waals surface area (Å²) in [4.78, 5) is 30.1. The minimum absolute atomic E-state index is 0.215. The van der Waals surface area contributed by atoms with Crippen LogP contribution in [0.15, 0.2) is 35.7 Å². The smallest absolute Gasteiger partial charge is 0.324 e. The Morgan fingerprint density at radius 2 is 2.03 bits per heavy atom. The number of rotatable bonds is 7. The van der Waals surface area contributed by atoms with Crippen molar-refractivity contribution in [1.82, 2.24) is 4.98 Å². The first kappa shape index (κ1) is 20.8. The highest BCUT2D eigenvalue weighted by Crippen LogP contribution is 2.52. The minimum atomic E-state index is -1.28. The summed E-state index contributed by atoms with van der Waals surface area (Å²) >= 11 is 1.43. The van der Waals surface area contributed by atoms with Crippen LogP contribution in [-0.4, -0.2) is 36.2 Å². The largest absolute Gasteiger partial charge is 0.459 e. The molecule has 1 aromatic carbocycles. The van der Waals surface area contributed by atoms with Gasteiger partial charge in [0.25, 0.3) is 0 Å². The first-order chi connectivity index (χ1) is 14.3. The van der Waals surface area contributed by atoms with E-state index >= 15 is 0 Å². The minimum Gasteiger partial charge on any atom is -0.459 e. The second-order valence-electron chi connectivity index (χ2n) is 8.57. The van der Waals surface area contributed by atoms with Crippen molar-refractivity contribution in [3.8, 4) is 0 Å². The van der Waals surface area contributed by atoms with Crippen LogP contribution in [0.1, 0.15) is 39.3 Å². The van der Waals surface area contributed by atoms with E-state index in [1.807, 2.05) is 35.7 Å². The Morgan fingerprint density at radius 1 is 1.27 bits per heavy atom. The molecule has 4 rings (SSSR count). The Morgan fingerprint density at radius 3 is 2.77 bits per heavy atom. The van der Waals surface area contributed by atoms with Crippen molar-refractivity contribution in [1.29, 1.82) is 0 Å². The van der Waals surface area contributed by atoms with Crippen molar-refractivity contribution in [3.05, 3.63) is 41.4 Å². The van der Waals surface area contributed by atoms with Crippen LogP contribution in [-0.2, 0) is 29.4 Å². The molecule has 2 aliphatic heterocycles. The van der Waals surface area contributed by atoms with Crippen molar-refractivity contribution in [2.75, 3.05) is 18.5 Å². The van der Waals surface area contributed by atoms with Crippen LogP contribution in [0.5, 0.6) is 0 Å². The van der Waals surface area contributed by atoms with Gasteiger partial charge in [0.15, 0.2) is 16.1 Å². The van der Waals surface area contributed by atoms with E-state index in [2.05, 4.69) is 24.1 Å². The number of hydrogen-bond donors (Lipinski definition) is 1. The Labute approximate surface area is 179 Å². The Kier molecular flexibility index (Phi) is 5.55. The first-order valence-corrected chi connectivity index (χ1v) is 11.0. The van der Waals surface area contributed by atoms with Crippen LogP contribution in [0, 0.1) is 11.3 Å². The van der Waals surface area contributed by atoms with Gasteiger partial charge in [-0.3, -0.25) is 9.59 Å². The van der Waals surface area contributed by atoms with Crippen LogP contribution in [0.2, 0.25) is 0 Å². The zero-order valence-electron chi connectivity index (χ0n) is 17.3. The van der Waals surface area contributed by atoms with Gasteiger partial charge in [-0.25, -0.2) is 4.98 Å². The van der Waals surface area contributed by atoms with Gasteiger partial charge in [0.2, 0.25) is 0 Å². The SMILES string of the molecule is CC(C)COC[C@H]1C[C@]2(C[C@](C)(c3csc(Nc4ccccc4)n3)OC2=O)C(=O)O1. The van der Waals surface area contributed by atoms with Gasteiger partial charge in [-0.15, -0.1) is 11.3 Å². The molecule has 1 N–H and O–H groups in total. The number of hydrogen-bond acceptors (Lipinski definition) is 8. The number of thiazole rings is 1. The summed E-state index contributed by atoms with van der Waals surface area (Å²) in [6.45, 7) is 6.78. The van der Waals surface area contributed by atoms with E-state index in [1.54, 1.807) is 6.92 Å². The fourth-order valence-corrected chi connectivity index (χ4v) is 4.82. The molecule has 2 aromatic rings. The number of esters is 2. The summed E-state index contributed by atoms with van der Waals surface area (Å²) in [7, 11) is 0. The number of nitrogens with zero attached hydrogens (tertiary/aromatic N) is 1. The Bertz CT molecular complexity index is 931. The van der Waals surface area contributed by atoms with Gasteiger partial charge < -0.3 is 19.5 Å². The normalized spacial score (nSPS) is 28.2. The van der Waals surface area contributed by atoms with Gasteiger partial charge in [0.1, 0.15) is 6.10 Å². The predicted octanol–water partition coefficient (Wildman–Crippen LogP) is 4.02. The van der Waals surface area contributed by atoms with Gasteiger partial charge in [-0.2, -0.15) is 0 Å². The molecular weight excluding hydrogens is 404 g/mol. The van der Waals surface area contributed by atoms with E-state index < -0.39 is 29.1 Å². The fraction of sp³-hybridized carbons (Fsp3) is 0.500.